The van der Waals surface area contributed by atoms with Crippen LogP contribution in [0.3, 0.4) is 0 Å². The summed E-state index contributed by atoms with van der Waals surface area (Å²) in [5.41, 5.74) is -0.0353. The quantitative estimate of drug-likeness (QED) is 0.323. The molecule has 3 aliphatic rings. The number of halogens is 1. The van der Waals surface area contributed by atoms with E-state index in [1.807, 2.05) is 60.7 Å². The summed E-state index contributed by atoms with van der Waals surface area (Å²) in [5.74, 6) is -0.445. The third-order valence-corrected chi connectivity index (χ3v) is 8.57. The van der Waals surface area contributed by atoms with Crippen LogP contribution in [0.5, 0.6) is 0 Å². The molecule has 2 aromatic rings. The van der Waals surface area contributed by atoms with Crippen molar-refractivity contribution in [1.82, 2.24) is 0 Å². The van der Waals surface area contributed by atoms with Gasteiger partial charge in [0.15, 0.2) is 0 Å². The number of quaternary nitrogens is 1. The van der Waals surface area contributed by atoms with Crippen molar-refractivity contribution in [2.24, 2.45) is 0 Å². The second kappa shape index (κ2) is 10.6. The van der Waals surface area contributed by atoms with E-state index >= 15 is 0 Å². The Balaban J connectivity index is 0.00000274. The van der Waals surface area contributed by atoms with E-state index in [1.54, 1.807) is 6.26 Å². The van der Waals surface area contributed by atoms with Gasteiger partial charge in [0.25, 0.3) is 0 Å². The second-order valence-corrected chi connectivity index (χ2v) is 11.3. The summed E-state index contributed by atoms with van der Waals surface area (Å²) >= 11 is -1.22. The van der Waals surface area contributed by atoms with E-state index in [4.69, 9.17) is 9.47 Å². The lowest BCUT2D eigenvalue weighted by molar-refractivity contribution is -0.956. The predicted octanol–water partition coefficient (Wildman–Crippen LogP) is 1.13. The fraction of sp³-hybridized carbons (Fsp3) is 0.519. The minimum Gasteiger partial charge on any atom is -1.00 e. The summed E-state index contributed by atoms with van der Waals surface area (Å²) in [7, 11) is 0. The van der Waals surface area contributed by atoms with Crippen LogP contribution in [0.4, 0.5) is 0 Å². The van der Waals surface area contributed by atoms with E-state index in [9.17, 15) is 9.35 Å². The maximum Gasteiger partial charge on any atom is 0.348 e. The fourth-order valence-corrected chi connectivity index (χ4v) is 7.03. The van der Waals surface area contributed by atoms with Crippen LogP contribution in [0.15, 0.2) is 60.7 Å². The molecule has 3 saturated heterocycles. The molecular weight excluding hydrogens is 470 g/mol. The topological polar surface area (TPSA) is 58.6 Å². The first kappa shape index (κ1) is 25.5. The van der Waals surface area contributed by atoms with Crippen molar-refractivity contribution < 1.29 is 35.7 Å². The average molecular weight is 504 g/mol. The van der Waals surface area contributed by atoms with Crippen molar-refractivity contribution in [2.75, 3.05) is 25.3 Å². The summed E-state index contributed by atoms with van der Waals surface area (Å²) in [6, 6.07) is 20.2. The molecule has 3 fully saturated rings. The van der Waals surface area contributed by atoms with Gasteiger partial charge in [0, 0.05) is 38.5 Å². The summed E-state index contributed by atoms with van der Waals surface area (Å²) in [4.78, 5) is 14.0. The Labute approximate surface area is 212 Å². The lowest BCUT2D eigenvalue weighted by Gasteiger charge is -2.47. The Morgan fingerprint density at radius 1 is 0.971 bits per heavy atom. The summed E-state index contributed by atoms with van der Waals surface area (Å²) < 4.78 is 25.9. The Morgan fingerprint density at radius 2 is 1.47 bits per heavy atom. The van der Waals surface area contributed by atoms with E-state index in [-0.39, 0.29) is 24.4 Å². The first-order valence-electron chi connectivity index (χ1n) is 12.2. The molecule has 2 aromatic carbocycles. The molecule has 0 aromatic heterocycles. The minimum absolute atomic E-state index is 0. The van der Waals surface area contributed by atoms with Gasteiger partial charge in [-0.25, -0.2) is 4.79 Å². The number of nitrogens with zero attached hydrogens (tertiary/aromatic N) is 1. The Hall–Kier alpha value is -1.57. The monoisotopic (exact) mass is 503 g/mol. The highest BCUT2D eigenvalue weighted by Crippen LogP contribution is 2.47. The van der Waals surface area contributed by atoms with E-state index in [0.717, 1.165) is 12.8 Å². The Kier molecular flexibility index (Phi) is 7.95. The lowest BCUT2D eigenvalue weighted by Crippen LogP contribution is -3.00. The normalized spacial score (nSPS) is 26.1. The predicted molar refractivity (Wildman–Crippen MR) is 129 cm³/mol. The Bertz CT molecular complexity index is 896. The van der Waals surface area contributed by atoms with E-state index < -0.39 is 22.7 Å². The maximum absolute atomic E-state index is 14.0. The van der Waals surface area contributed by atoms with Crippen molar-refractivity contribution in [3.63, 3.8) is 0 Å². The largest absolute Gasteiger partial charge is 1.00 e. The number of hydrogen-bond acceptors (Lipinski definition) is 4. The molecule has 0 saturated carbocycles. The van der Waals surface area contributed by atoms with Crippen LogP contribution in [0.1, 0.15) is 49.7 Å². The van der Waals surface area contributed by atoms with Gasteiger partial charge in [-0.3, -0.25) is 0 Å². The molecule has 7 heteroatoms. The molecule has 0 aliphatic carbocycles. The fourth-order valence-electron chi connectivity index (χ4n) is 6.69. The van der Waals surface area contributed by atoms with Crippen LogP contribution >= 0.6 is 0 Å². The average Bonchev–Trinajstić information content (AvgIpc) is 3.37. The highest BCUT2D eigenvalue weighted by Gasteiger charge is 2.57. The highest BCUT2D eigenvalue weighted by molar-refractivity contribution is 7.90. The van der Waals surface area contributed by atoms with E-state index in [0.29, 0.717) is 23.2 Å². The smallest absolute Gasteiger partial charge is 0.348 e. The zero-order valence-corrected chi connectivity index (χ0v) is 21.3. The molecule has 5 rings (SSSR count). The molecule has 34 heavy (non-hydrogen) atoms. The van der Waals surface area contributed by atoms with E-state index in [2.05, 4.69) is 0 Å². The molecule has 184 valence electrons. The summed E-state index contributed by atoms with van der Waals surface area (Å²) in [6.45, 7) is 2.58. The number of carbonyl (C=O) groups excluding carboxylic acids is 1. The first-order valence-corrected chi connectivity index (χ1v) is 13.9. The molecule has 3 unspecified atom stereocenters. The van der Waals surface area contributed by atoms with Gasteiger partial charge in [0.1, 0.15) is 6.10 Å². The van der Waals surface area contributed by atoms with Crippen LogP contribution in [0, 0.1) is 0 Å². The molecule has 0 amide bonds. The SMILES string of the molecule is C[S+]([O-])COC(C(=O)OC1CC2CCC(C1)[N+]21CCCC1)(c1ccccc1)c1ccccc1.[Cl-]. The molecule has 2 bridgehead atoms. The van der Waals surface area contributed by atoms with Crippen molar-refractivity contribution in [3.05, 3.63) is 71.8 Å². The number of ether oxygens (including phenoxy) is 2. The van der Waals surface area contributed by atoms with Gasteiger partial charge >= 0.3 is 5.97 Å². The molecule has 5 nitrogen and oxygen atoms in total. The molecular formula is C27H34ClNO4S. The zero-order valence-electron chi connectivity index (χ0n) is 19.7. The third kappa shape index (κ3) is 4.51. The van der Waals surface area contributed by atoms with Crippen molar-refractivity contribution in [3.8, 4) is 0 Å². The van der Waals surface area contributed by atoms with E-state index in [1.165, 1.54) is 43.3 Å². The van der Waals surface area contributed by atoms with Crippen molar-refractivity contribution in [2.45, 2.75) is 62.3 Å². The van der Waals surface area contributed by atoms with Crippen LogP contribution in [-0.2, 0) is 31.0 Å². The van der Waals surface area contributed by atoms with Gasteiger partial charge in [-0.15, -0.1) is 0 Å². The first-order chi connectivity index (χ1) is 16.0. The van der Waals surface area contributed by atoms with Gasteiger partial charge in [-0.05, 0) is 22.3 Å². The van der Waals surface area contributed by atoms with Crippen LogP contribution < -0.4 is 12.4 Å². The number of hydrogen-bond donors (Lipinski definition) is 0. The third-order valence-electron chi connectivity index (χ3n) is 8.12. The number of rotatable bonds is 7. The van der Waals surface area contributed by atoms with Crippen LogP contribution in [0.2, 0.25) is 0 Å². The number of benzene rings is 2. The van der Waals surface area contributed by atoms with Gasteiger partial charge in [0.05, 0.1) is 31.4 Å². The molecule has 3 atom stereocenters. The van der Waals surface area contributed by atoms with Crippen LogP contribution in [-0.4, -0.2) is 58.5 Å². The number of piperidine rings is 1. The van der Waals surface area contributed by atoms with Gasteiger partial charge in [-0.1, -0.05) is 60.7 Å². The molecule has 0 N–H and O–H groups in total. The van der Waals surface area contributed by atoms with Crippen molar-refractivity contribution >= 4 is 17.1 Å². The minimum atomic E-state index is -1.44. The lowest BCUT2D eigenvalue weighted by atomic mass is 9.85. The van der Waals surface area contributed by atoms with Gasteiger partial charge < -0.3 is 30.9 Å². The summed E-state index contributed by atoms with van der Waals surface area (Å²) in [6.07, 6.45) is 8.49. The molecule has 1 spiro atoms. The molecule has 3 heterocycles. The zero-order chi connectivity index (χ0) is 22.9. The maximum atomic E-state index is 14.0. The molecule has 0 radical (unpaired) electrons. The van der Waals surface area contributed by atoms with Gasteiger partial charge in [-0.2, -0.15) is 0 Å². The molecule has 3 aliphatic heterocycles. The van der Waals surface area contributed by atoms with Gasteiger partial charge in [0.2, 0.25) is 11.5 Å². The standard InChI is InChI=1S/C27H34NO4S.ClH/c1-33(30)20-31-27(21-10-4-2-5-11-21,22-12-6-3-7-13-22)26(29)32-25-18-23-14-15-24(19-25)28(23)16-8-9-17-28;/h2-7,10-13,23-25H,8-9,14-20H2,1H3;1H/q+1;/p-1. The van der Waals surface area contributed by atoms with Crippen molar-refractivity contribution in [1.29, 1.82) is 0 Å². The summed E-state index contributed by atoms with van der Waals surface area (Å²) in [5, 5.41) is 0. The number of carbonyl (C=O) groups is 1. The second-order valence-electron chi connectivity index (χ2n) is 9.89. The Morgan fingerprint density at radius 3 is 1.94 bits per heavy atom. The highest BCUT2D eigenvalue weighted by atomic mass is 35.5. The van der Waals surface area contributed by atoms with Crippen LogP contribution in [0.25, 0.3) is 0 Å². The number of esters is 1.